The fraction of sp³-hybridized carbons (Fsp3) is 0.304. The van der Waals surface area contributed by atoms with Crippen molar-refractivity contribution in [1.82, 2.24) is 9.80 Å². The first-order chi connectivity index (χ1) is 15.1. The summed E-state index contributed by atoms with van der Waals surface area (Å²) in [4.78, 5) is 31.2. The number of rotatable bonds is 11. The van der Waals surface area contributed by atoms with Crippen LogP contribution in [0.3, 0.4) is 0 Å². The van der Waals surface area contributed by atoms with Gasteiger partial charge in [0.05, 0.1) is 11.4 Å². The number of halogens is 1. The van der Waals surface area contributed by atoms with E-state index in [4.69, 9.17) is 4.74 Å². The Morgan fingerprint density at radius 2 is 1.71 bits per heavy atom. The number of benzene rings is 1. The lowest BCUT2D eigenvalue weighted by molar-refractivity contribution is -0.133. The Labute approximate surface area is 189 Å². The smallest absolute Gasteiger partial charge is 0.264 e. The van der Waals surface area contributed by atoms with Crippen molar-refractivity contribution in [2.75, 3.05) is 26.8 Å². The molecule has 5 nitrogen and oxygen atoms in total. The van der Waals surface area contributed by atoms with Gasteiger partial charge in [-0.2, -0.15) is 0 Å². The minimum atomic E-state index is -0.314. The van der Waals surface area contributed by atoms with E-state index < -0.39 is 0 Å². The normalized spacial score (nSPS) is 10.8. The number of ether oxygens (including phenoxy) is 1. The van der Waals surface area contributed by atoms with Gasteiger partial charge >= 0.3 is 0 Å². The van der Waals surface area contributed by atoms with Crippen LogP contribution in [0.4, 0.5) is 4.39 Å². The highest BCUT2D eigenvalue weighted by atomic mass is 32.1. The summed E-state index contributed by atoms with van der Waals surface area (Å²) in [5.74, 6) is -0.622. The molecule has 0 spiro atoms. The van der Waals surface area contributed by atoms with Crippen LogP contribution in [0.15, 0.2) is 59.3 Å². The number of amides is 2. The highest BCUT2D eigenvalue weighted by Crippen LogP contribution is 2.17. The van der Waals surface area contributed by atoms with Crippen LogP contribution in [0.1, 0.15) is 26.5 Å². The zero-order valence-electron chi connectivity index (χ0n) is 17.3. The molecule has 0 atom stereocenters. The summed E-state index contributed by atoms with van der Waals surface area (Å²) in [6, 6.07) is 13.6. The summed E-state index contributed by atoms with van der Waals surface area (Å²) in [6.07, 6.45) is 0.643. The Morgan fingerprint density at radius 1 is 0.968 bits per heavy atom. The van der Waals surface area contributed by atoms with Crippen LogP contribution in [0.25, 0.3) is 0 Å². The number of carbonyl (C=O) groups excluding carboxylic acids is 2. The monoisotopic (exact) mass is 460 g/mol. The van der Waals surface area contributed by atoms with Gasteiger partial charge in [0.25, 0.3) is 5.91 Å². The Hall–Kier alpha value is -2.55. The number of carbonyl (C=O) groups is 2. The summed E-state index contributed by atoms with van der Waals surface area (Å²) < 4.78 is 18.4. The van der Waals surface area contributed by atoms with Crippen molar-refractivity contribution in [3.05, 3.63) is 80.4 Å². The third kappa shape index (κ3) is 6.99. The second-order valence-corrected chi connectivity index (χ2v) is 8.99. The number of thiophene rings is 2. The predicted molar refractivity (Wildman–Crippen MR) is 122 cm³/mol. The first-order valence-electron chi connectivity index (χ1n) is 9.93. The molecule has 0 saturated carbocycles. The van der Waals surface area contributed by atoms with Gasteiger partial charge in [-0.15, -0.1) is 22.7 Å². The van der Waals surface area contributed by atoms with Crippen molar-refractivity contribution in [2.24, 2.45) is 0 Å². The molecule has 8 heteroatoms. The molecule has 1 aromatic carbocycles. The van der Waals surface area contributed by atoms with Crippen LogP contribution in [-0.2, 0) is 22.6 Å². The summed E-state index contributed by atoms with van der Waals surface area (Å²) >= 11 is 2.93. The molecule has 2 heterocycles. The highest BCUT2D eigenvalue weighted by molar-refractivity contribution is 7.12. The Balaban J connectivity index is 1.75. The Morgan fingerprint density at radius 3 is 2.35 bits per heavy atom. The van der Waals surface area contributed by atoms with Gasteiger partial charge in [-0.3, -0.25) is 9.59 Å². The number of nitrogens with zero attached hydrogens (tertiary/aromatic N) is 2. The van der Waals surface area contributed by atoms with E-state index in [1.165, 1.54) is 23.5 Å². The fourth-order valence-corrected chi connectivity index (χ4v) is 4.51. The molecule has 31 heavy (non-hydrogen) atoms. The average molecular weight is 461 g/mol. The SMILES string of the molecule is COCCCN(CC(=O)N(Cc1ccc(F)cc1)Cc1cccs1)C(=O)c1cccs1. The summed E-state index contributed by atoms with van der Waals surface area (Å²) in [6.45, 7) is 1.70. The second kappa shape index (κ2) is 11.7. The molecule has 0 aliphatic carbocycles. The lowest BCUT2D eigenvalue weighted by Gasteiger charge is -2.27. The summed E-state index contributed by atoms with van der Waals surface area (Å²) in [5, 5.41) is 3.81. The Bertz CT molecular complexity index is 944. The van der Waals surface area contributed by atoms with Gasteiger partial charge in [0.1, 0.15) is 12.4 Å². The van der Waals surface area contributed by atoms with Crippen molar-refractivity contribution < 1.29 is 18.7 Å². The van der Waals surface area contributed by atoms with Crippen molar-refractivity contribution in [1.29, 1.82) is 0 Å². The minimum absolute atomic E-state index is 0.0208. The van der Waals surface area contributed by atoms with E-state index in [2.05, 4.69) is 0 Å². The van der Waals surface area contributed by atoms with Gasteiger partial charge in [-0.05, 0) is 47.0 Å². The van der Waals surface area contributed by atoms with Crippen molar-refractivity contribution in [3.8, 4) is 0 Å². The quantitative estimate of drug-likeness (QED) is 0.391. The maximum Gasteiger partial charge on any atom is 0.264 e. The molecule has 0 bridgehead atoms. The van der Waals surface area contributed by atoms with Crippen molar-refractivity contribution >= 4 is 34.5 Å². The molecule has 0 aliphatic rings. The van der Waals surface area contributed by atoms with Crippen LogP contribution in [-0.4, -0.2) is 48.4 Å². The summed E-state index contributed by atoms with van der Waals surface area (Å²) in [7, 11) is 1.61. The van der Waals surface area contributed by atoms with E-state index in [0.29, 0.717) is 37.5 Å². The van der Waals surface area contributed by atoms with Crippen LogP contribution < -0.4 is 0 Å². The molecule has 0 N–H and O–H groups in total. The zero-order valence-corrected chi connectivity index (χ0v) is 19.0. The topological polar surface area (TPSA) is 49.9 Å². The largest absolute Gasteiger partial charge is 0.385 e. The molecule has 2 amide bonds. The first-order valence-corrected chi connectivity index (χ1v) is 11.7. The van der Waals surface area contributed by atoms with Gasteiger partial charge in [-0.1, -0.05) is 24.3 Å². The molecule has 0 saturated heterocycles. The molecule has 2 aromatic heterocycles. The predicted octanol–water partition coefficient (Wildman–Crippen LogP) is 4.66. The van der Waals surface area contributed by atoms with E-state index in [-0.39, 0.29) is 24.2 Å². The van der Waals surface area contributed by atoms with Crippen LogP contribution in [0.5, 0.6) is 0 Å². The summed E-state index contributed by atoms with van der Waals surface area (Å²) in [5.41, 5.74) is 0.835. The molecule has 164 valence electrons. The molecular formula is C23H25FN2O3S2. The van der Waals surface area contributed by atoms with Gasteiger partial charge in [0.15, 0.2) is 0 Å². The third-order valence-corrected chi connectivity index (χ3v) is 6.41. The average Bonchev–Trinajstić information content (AvgIpc) is 3.48. The molecule has 0 radical (unpaired) electrons. The van der Waals surface area contributed by atoms with E-state index in [9.17, 15) is 14.0 Å². The molecular weight excluding hydrogens is 435 g/mol. The van der Waals surface area contributed by atoms with E-state index in [1.54, 1.807) is 46.4 Å². The van der Waals surface area contributed by atoms with Gasteiger partial charge in [-0.25, -0.2) is 4.39 Å². The van der Waals surface area contributed by atoms with E-state index in [0.717, 1.165) is 10.4 Å². The van der Waals surface area contributed by atoms with Crippen LogP contribution >= 0.6 is 22.7 Å². The van der Waals surface area contributed by atoms with E-state index >= 15 is 0 Å². The fourth-order valence-electron chi connectivity index (χ4n) is 3.10. The third-order valence-electron chi connectivity index (χ3n) is 4.69. The first kappa shape index (κ1) is 23.1. The zero-order chi connectivity index (χ0) is 22.1. The van der Waals surface area contributed by atoms with Gasteiger partial charge in [0.2, 0.25) is 5.91 Å². The number of hydrogen-bond donors (Lipinski definition) is 0. The van der Waals surface area contributed by atoms with E-state index in [1.807, 2.05) is 29.0 Å². The van der Waals surface area contributed by atoms with Crippen LogP contribution in [0, 0.1) is 5.82 Å². The molecule has 3 rings (SSSR count). The van der Waals surface area contributed by atoms with Crippen LogP contribution in [0.2, 0.25) is 0 Å². The molecule has 0 aliphatic heterocycles. The minimum Gasteiger partial charge on any atom is -0.385 e. The van der Waals surface area contributed by atoms with Crippen molar-refractivity contribution in [2.45, 2.75) is 19.5 Å². The number of hydrogen-bond acceptors (Lipinski definition) is 5. The lowest BCUT2D eigenvalue weighted by Crippen LogP contribution is -2.42. The van der Waals surface area contributed by atoms with Gasteiger partial charge < -0.3 is 14.5 Å². The maximum atomic E-state index is 13.3. The lowest BCUT2D eigenvalue weighted by atomic mass is 10.2. The van der Waals surface area contributed by atoms with Crippen molar-refractivity contribution in [3.63, 3.8) is 0 Å². The highest BCUT2D eigenvalue weighted by Gasteiger charge is 2.23. The molecule has 0 unspecified atom stereocenters. The standard InChI is InChI=1S/C23H25FN2O3S2/c1-29-12-4-11-25(23(28)21-6-3-14-31-21)17-22(27)26(16-20-5-2-13-30-20)15-18-7-9-19(24)10-8-18/h2-3,5-10,13-14H,4,11-12,15-17H2,1H3. The Kier molecular flexibility index (Phi) is 8.75. The number of methoxy groups -OCH3 is 1. The molecule has 0 fully saturated rings. The van der Waals surface area contributed by atoms with Gasteiger partial charge in [0, 0.05) is 31.7 Å². The second-order valence-electron chi connectivity index (χ2n) is 7.01. The maximum absolute atomic E-state index is 13.3. The molecule has 3 aromatic rings.